The van der Waals surface area contributed by atoms with Gasteiger partial charge in [-0.15, -0.1) is 12.4 Å². The maximum absolute atomic E-state index is 11.5. The van der Waals surface area contributed by atoms with Crippen LogP contribution >= 0.6 is 12.4 Å². The van der Waals surface area contributed by atoms with Crippen molar-refractivity contribution in [2.24, 2.45) is 0 Å². The van der Waals surface area contributed by atoms with Crippen molar-refractivity contribution in [2.75, 3.05) is 13.1 Å². The van der Waals surface area contributed by atoms with E-state index in [0.29, 0.717) is 11.6 Å². The second-order valence-corrected chi connectivity index (χ2v) is 3.85. The molecule has 1 aliphatic heterocycles. The number of amides is 1. The topological polar surface area (TPSA) is 54.3 Å². The van der Waals surface area contributed by atoms with Crippen LogP contribution in [0, 0.1) is 0 Å². The van der Waals surface area contributed by atoms with E-state index in [1.54, 1.807) is 6.07 Å². The number of carbonyl (C=O) groups is 1. The van der Waals surface area contributed by atoms with Crippen molar-refractivity contribution in [3.63, 3.8) is 0 Å². The van der Waals surface area contributed by atoms with Crippen molar-refractivity contribution in [1.82, 2.24) is 10.6 Å². The Morgan fingerprint density at radius 2 is 2.50 bits per heavy atom. The molecule has 2 heterocycles. The number of nitrogens with one attached hydrogen (secondary N) is 2. The lowest BCUT2D eigenvalue weighted by molar-refractivity contribution is 0.0951. The molecule has 90 valence electrons. The van der Waals surface area contributed by atoms with Crippen molar-refractivity contribution < 1.29 is 9.21 Å². The summed E-state index contributed by atoms with van der Waals surface area (Å²) >= 11 is 0. The Hall–Kier alpha value is -1.00. The summed E-state index contributed by atoms with van der Waals surface area (Å²) in [6.07, 6.45) is 6.45. The third kappa shape index (κ3) is 3.54. The standard InChI is InChI=1S/C11H16N2O2.ClH/c14-11(9-4-7-15-8-9)13-6-3-10-2-1-5-12-10;/h4,7-8,10,12H,1-3,5-6H2,(H,13,14);1H/t10-;/m1./s1. The molecule has 1 fully saturated rings. The Bertz CT molecular complexity index is 308. The Balaban J connectivity index is 0.00000128. The van der Waals surface area contributed by atoms with Crippen LogP contribution in [0.2, 0.25) is 0 Å². The fraction of sp³-hybridized carbons (Fsp3) is 0.545. The Kier molecular flexibility index (Phi) is 5.35. The summed E-state index contributed by atoms with van der Waals surface area (Å²) in [6.45, 7) is 1.84. The fourth-order valence-electron chi connectivity index (χ4n) is 1.86. The van der Waals surface area contributed by atoms with Crippen LogP contribution in [-0.4, -0.2) is 25.0 Å². The maximum atomic E-state index is 11.5. The summed E-state index contributed by atoms with van der Waals surface area (Å²) in [7, 11) is 0. The van der Waals surface area contributed by atoms with E-state index in [1.807, 2.05) is 0 Å². The van der Waals surface area contributed by atoms with Crippen LogP contribution in [0.1, 0.15) is 29.6 Å². The molecule has 1 aromatic heterocycles. The average molecular weight is 245 g/mol. The van der Waals surface area contributed by atoms with Crippen molar-refractivity contribution in [2.45, 2.75) is 25.3 Å². The third-order valence-electron chi connectivity index (χ3n) is 2.72. The van der Waals surface area contributed by atoms with E-state index >= 15 is 0 Å². The number of halogens is 1. The van der Waals surface area contributed by atoms with Gasteiger partial charge in [0.15, 0.2) is 0 Å². The summed E-state index contributed by atoms with van der Waals surface area (Å²) in [6, 6.07) is 2.25. The molecule has 4 nitrogen and oxygen atoms in total. The smallest absolute Gasteiger partial charge is 0.254 e. The summed E-state index contributed by atoms with van der Waals surface area (Å²) in [5, 5.41) is 6.27. The monoisotopic (exact) mass is 244 g/mol. The van der Waals surface area contributed by atoms with Crippen LogP contribution in [0.25, 0.3) is 0 Å². The van der Waals surface area contributed by atoms with Gasteiger partial charge in [-0.3, -0.25) is 4.79 Å². The van der Waals surface area contributed by atoms with Crippen molar-refractivity contribution in [3.05, 3.63) is 24.2 Å². The number of rotatable bonds is 4. The molecule has 1 amide bonds. The minimum atomic E-state index is -0.0539. The van der Waals surface area contributed by atoms with Gasteiger partial charge in [0.05, 0.1) is 11.8 Å². The highest BCUT2D eigenvalue weighted by molar-refractivity contribution is 5.93. The minimum Gasteiger partial charge on any atom is -0.472 e. The summed E-state index contributed by atoms with van der Waals surface area (Å²) in [5.41, 5.74) is 0.592. The number of furan rings is 1. The summed E-state index contributed by atoms with van der Waals surface area (Å²) < 4.78 is 4.84. The van der Waals surface area contributed by atoms with Gasteiger partial charge in [-0.25, -0.2) is 0 Å². The predicted octanol–water partition coefficient (Wildman–Crippen LogP) is 1.57. The molecule has 0 spiro atoms. The van der Waals surface area contributed by atoms with Gasteiger partial charge in [0.25, 0.3) is 5.91 Å². The van der Waals surface area contributed by atoms with E-state index in [-0.39, 0.29) is 18.3 Å². The lowest BCUT2D eigenvalue weighted by Gasteiger charge is -2.09. The van der Waals surface area contributed by atoms with Gasteiger partial charge in [-0.1, -0.05) is 0 Å². The van der Waals surface area contributed by atoms with Crippen LogP contribution in [0.4, 0.5) is 0 Å². The zero-order chi connectivity index (χ0) is 10.5. The molecule has 2 rings (SSSR count). The first-order chi connectivity index (χ1) is 7.36. The van der Waals surface area contributed by atoms with Crippen molar-refractivity contribution >= 4 is 18.3 Å². The quantitative estimate of drug-likeness (QED) is 0.846. The zero-order valence-corrected chi connectivity index (χ0v) is 9.89. The molecule has 1 saturated heterocycles. The molecule has 0 saturated carbocycles. The molecule has 16 heavy (non-hydrogen) atoms. The second-order valence-electron chi connectivity index (χ2n) is 3.85. The van der Waals surface area contributed by atoms with Gasteiger partial charge in [0.2, 0.25) is 0 Å². The summed E-state index contributed by atoms with van der Waals surface area (Å²) in [5.74, 6) is -0.0539. The first-order valence-electron chi connectivity index (χ1n) is 5.40. The van der Waals surface area contributed by atoms with Gasteiger partial charge in [-0.05, 0) is 31.9 Å². The van der Waals surface area contributed by atoms with Crippen LogP contribution in [0.15, 0.2) is 23.0 Å². The first-order valence-corrected chi connectivity index (χ1v) is 5.40. The molecule has 1 atom stereocenters. The van der Waals surface area contributed by atoms with E-state index in [9.17, 15) is 4.79 Å². The maximum Gasteiger partial charge on any atom is 0.254 e. The lowest BCUT2D eigenvalue weighted by atomic mass is 10.1. The second kappa shape index (κ2) is 6.55. The highest BCUT2D eigenvalue weighted by Crippen LogP contribution is 2.07. The molecule has 0 radical (unpaired) electrons. The average Bonchev–Trinajstić information content (AvgIpc) is 2.90. The predicted molar refractivity (Wildman–Crippen MR) is 63.9 cm³/mol. The number of hydrogen-bond donors (Lipinski definition) is 2. The third-order valence-corrected chi connectivity index (χ3v) is 2.72. The Morgan fingerprint density at radius 1 is 1.62 bits per heavy atom. The van der Waals surface area contributed by atoms with E-state index in [0.717, 1.165) is 19.5 Å². The Labute approximate surface area is 101 Å². The van der Waals surface area contributed by atoms with E-state index in [4.69, 9.17) is 4.42 Å². The van der Waals surface area contributed by atoms with Crippen LogP contribution in [-0.2, 0) is 0 Å². The first kappa shape index (κ1) is 13.1. The lowest BCUT2D eigenvalue weighted by Crippen LogP contribution is -2.30. The van der Waals surface area contributed by atoms with Crippen molar-refractivity contribution in [1.29, 1.82) is 0 Å². The molecule has 1 aliphatic rings. The van der Waals surface area contributed by atoms with Crippen LogP contribution in [0.5, 0.6) is 0 Å². The number of carbonyl (C=O) groups excluding carboxylic acids is 1. The molecule has 0 unspecified atom stereocenters. The molecular formula is C11H17ClN2O2. The highest BCUT2D eigenvalue weighted by Gasteiger charge is 2.14. The Morgan fingerprint density at radius 3 is 3.12 bits per heavy atom. The summed E-state index contributed by atoms with van der Waals surface area (Å²) in [4.78, 5) is 11.5. The van der Waals surface area contributed by atoms with Gasteiger partial charge in [0.1, 0.15) is 6.26 Å². The van der Waals surface area contributed by atoms with Gasteiger partial charge in [-0.2, -0.15) is 0 Å². The van der Waals surface area contributed by atoms with E-state index in [2.05, 4.69) is 10.6 Å². The highest BCUT2D eigenvalue weighted by atomic mass is 35.5. The molecular weight excluding hydrogens is 228 g/mol. The van der Waals surface area contributed by atoms with Crippen molar-refractivity contribution in [3.8, 4) is 0 Å². The SMILES string of the molecule is Cl.O=C(NCC[C@H]1CCCN1)c1ccoc1. The normalized spacial score (nSPS) is 19.1. The van der Waals surface area contributed by atoms with E-state index < -0.39 is 0 Å². The molecule has 5 heteroatoms. The minimum absolute atomic E-state index is 0. The number of hydrogen-bond acceptors (Lipinski definition) is 3. The van der Waals surface area contributed by atoms with Crippen LogP contribution < -0.4 is 10.6 Å². The molecule has 2 N–H and O–H groups in total. The van der Waals surface area contributed by atoms with Gasteiger partial charge >= 0.3 is 0 Å². The zero-order valence-electron chi connectivity index (χ0n) is 9.07. The van der Waals surface area contributed by atoms with Gasteiger partial charge in [0, 0.05) is 12.6 Å². The van der Waals surface area contributed by atoms with E-state index in [1.165, 1.54) is 25.4 Å². The largest absolute Gasteiger partial charge is 0.472 e. The van der Waals surface area contributed by atoms with Gasteiger partial charge < -0.3 is 15.1 Å². The van der Waals surface area contributed by atoms with Crippen LogP contribution in [0.3, 0.4) is 0 Å². The molecule has 1 aromatic rings. The fourth-order valence-corrected chi connectivity index (χ4v) is 1.86. The molecule has 0 bridgehead atoms. The molecule has 0 aliphatic carbocycles. The molecule has 0 aromatic carbocycles.